The zero-order valence-corrected chi connectivity index (χ0v) is 20.9. The third-order valence-electron chi connectivity index (χ3n) is 4.98. The van der Waals surface area contributed by atoms with Crippen LogP contribution in [0.5, 0.6) is 5.75 Å². The lowest BCUT2D eigenvalue weighted by atomic mass is 10.0. The maximum Gasteiger partial charge on any atom is 0.408 e. The van der Waals surface area contributed by atoms with E-state index in [4.69, 9.17) is 4.74 Å². The summed E-state index contributed by atoms with van der Waals surface area (Å²) in [6.07, 6.45) is 3.64. The Hall–Kier alpha value is -2.77. The molecule has 2 atom stereocenters. The molecule has 3 amide bonds. The minimum atomic E-state index is -0.880. The van der Waals surface area contributed by atoms with E-state index >= 15 is 0 Å². The molecule has 1 aromatic rings. The van der Waals surface area contributed by atoms with Gasteiger partial charge in [-0.1, -0.05) is 45.2 Å². The van der Waals surface area contributed by atoms with E-state index in [0.717, 1.165) is 32.1 Å². The van der Waals surface area contributed by atoms with Crippen molar-refractivity contribution in [3.63, 3.8) is 0 Å². The molecule has 0 aliphatic carbocycles. The Labute approximate surface area is 198 Å². The Bertz CT molecular complexity index is 758. The van der Waals surface area contributed by atoms with Gasteiger partial charge in [0.1, 0.15) is 23.9 Å². The molecule has 0 spiro atoms. The van der Waals surface area contributed by atoms with Gasteiger partial charge in [-0.25, -0.2) is 4.79 Å². The number of aromatic hydroxyl groups is 1. The number of phenols is 1. The van der Waals surface area contributed by atoms with E-state index in [1.807, 2.05) is 13.8 Å². The van der Waals surface area contributed by atoms with Crippen molar-refractivity contribution >= 4 is 17.9 Å². The molecule has 3 N–H and O–H groups in total. The van der Waals surface area contributed by atoms with E-state index in [1.165, 1.54) is 17.0 Å². The molecule has 33 heavy (non-hydrogen) atoms. The quantitative estimate of drug-likeness (QED) is 0.401. The standard InChI is InChI=1S/C25H41N3O5/c1-7-9-10-16-28(21(30)17-26-24(32)33-25(4,5)6)22(19-12-14-20(29)15-13-19)23(31)27-18(3)11-8-2/h12-15,18,22,29H,7-11,16-17H2,1-6H3,(H,26,32)(H,27,31). The summed E-state index contributed by atoms with van der Waals surface area (Å²) in [4.78, 5) is 40.1. The van der Waals surface area contributed by atoms with Crippen LogP contribution >= 0.6 is 0 Å². The number of unbranched alkanes of at least 4 members (excludes halogenated alkanes) is 2. The first-order valence-corrected chi connectivity index (χ1v) is 11.8. The number of hydrogen-bond acceptors (Lipinski definition) is 5. The van der Waals surface area contributed by atoms with Crippen molar-refractivity contribution in [3.05, 3.63) is 29.8 Å². The highest BCUT2D eigenvalue weighted by atomic mass is 16.6. The molecule has 0 saturated carbocycles. The van der Waals surface area contributed by atoms with Gasteiger partial charge in [0.2, 0.25) is 11.8 Å². The lowest BCUT2D eigenvalue weighted by Gasteiger charge is -2.32. The molecule has 8 nitrogen and oxygen atoms in total. The minimum absolute atomic E-state index is 0.0467. The molecule has 1 aromatic carbocycles. The van der Waals surface area contributed by atoms with E-state index in [9.17, 15) is 19.5 Å². The van der Waals surface area contributed by atoms with Crippen LogP contribution in [0.2, 0.25) is 0 Å². The van der Waals surface area contributed by atoms with Gasteiger partial charge in [0.25, 0.3) is 0 Å². The van der Waals surface area contributed by atoms with Crippen molar-refractivity contribution in [2.24, 2.45) is 0 Å². The highest BCUT2D eigenvalue weighted by Crippen LogP contribution is 2.25. The van der Waals surface area contributed by atoms with E-state index in [0.29, 0.717) is 12.1 Å². The number of alkyl carbamates (subject to hydrolysis) is 1. The molecule has 0 heterocycles. The largest absolute Gasteiger partial charge is 0.508 e. The van der Waals surface area contributed by atoms with Gasteiger partial charge >= 0.3 is 6.09 Å². The van der Waals surface area contributed by atoms with E-state index < -0.39 is 17.7 Å². The van der Waals surface area contributed by atoms with Gasteiger partial charge in [0, 0.05) is 12.6 Å². The molecule has 0 bridgehead atoms. The summed E-state index contributed by atoms with van der Waals surface area (Å²) >= 11 is 0. The van der Waals surface area contributed by atoms with Crippen LogP contribution < -0.4 is 10.6 Å². The Balaban J connectivity index is 3.17. The van der Waals surface area contributed by atoms with E-state index in [2.05, 4.69) is 17.6 Å². The monoisotopic (exact) mass is 463 g/mol. The average molecular weight is 464 g/mol. The number of rotatable bonds is 12. The zero-order chi connectivity index (χ0) is 25.0. The molecule has 2 unspecified atom stereocenters. The summed E-state index contributed by atoms with van der Waals surface area (Å²) in [5, 5.41) is 15.2. The summed E-state index contributed by atoms with van der Waals surface area (Å²) in [5.74, 6) is -0.593. The van der Waals surface area contributed by atoms with Gasteiger partial charge in [-0.15, -0.1) is 0 Å². The Kier molecular flexibility index (Phi) is 11.7. The lowest BCUT2D eigenvalue weighted by Crippen LogP contribution is -2.49. The van der Waals surface area contributed by atoms with Gasteiger partial charge in [0.15, 0.2) is 0 Å². The fourth-order valence-electron chi connectivity index (χ4n) is 3.45. The summed E-state index contributed by atoms with van der Waals surface area (Å²) < 4.78 is 5.22. The smallest absolute Gasteiger partial charge is 0.408 e. The van der Waals surface area contributed by atoms with Gasteiger partial charge in [-0.3, -0.25) is 9.59 Å². The van der Waals surface area contributed by atoms with Crippen LogP contribution in [-0.4, -0.2) is 52.6 Å². The molecule has 0 aromatic heterocycles. The van der Waals surface area contributed by atoms with Crippen LogP contribution in [0.15, 0.2) is 24.3 Å². The number of nitrogens with one attached hydrogen (secondary N) is 2. The number of amides is 3. The second-order valence-corrected chi connectivity index (χ2v) is 9.34. The number of ether oxygens (including phenoxy) is 1. The van der Waals surface area contributed by atoms with E-state index in [1.54, 1.807) is 32.9 Å². The van der Waals surface area contributed by atoms with Crippen LogP contribution in [0, 0.1) is 0 Å². The highest BCUT2D eigenvalue weighted by molar-refractivity contribution is 5.90. The van der Waals surface area contributed by atoms with Gasteiger partial charge in [-0.2, -0.15) is 0 Å². The number of carbonyl (C=O) groups excluding carboxylic acids is 3. The minimum Gasteiger partial charge on any atom is -0.508 e. The van der Waals surface area contributed by atoms with Crippen LogP contribution in [0.4, 0.5) is 4.79 Å². The first kappa shape index (κ1) is 28.3. The Morgan fingerprint density at radius 2 is 1.70 bits per heavy atom. The fourth-order valence-corrected chi connectivity index (χ4v) is 3.45. The highest BCUT2D eigenvalue weighted by Gasteiger charge is 2.32. The van der Waals surface area contributed by atoms with Crippen molar-refractivity contribution in [1.82, 2.24) is 15.5 Å². The summed E-state index contributed by atoms with van der Waals surface area (Å²) in [7, 11) is 0. The molecule has 0 aliphatic rings. The van der Waals surface area contributed by atoms with Crippen molar-refractivity contribution < 1.29 is 24.2 Å². The Morgan fingerprint density at radius 3 is 2.24 bits per heavy atom. The molecule has 1 rings (SSSR count). The molecule has 186 valence electrons. The van der Waals surface area contributed by atoms with Crippen molar-refractivity contribution in [2.75, 3.05) is 13.1 Å². The summed E-state index contributed by atoms with van der Waals surface area (Å²) in [6, 6.07) is 5.36. The third kappa shape index (κ3) is 10.6. The molecule has 0 radical (unpaired) electrons. The topological polar surface area (TPSA) is 108 Å². The first-order valence-electron chi connectivity index (χ1n) is 11.8. The number of hydrogen-bond donors (Lipinski definition) is 3. The lowest BCUT2D eigenvalue weighted by molar-refractivity contribution is -0.140. The van der Waals surface area contributed by atoms with E-state index in [-0.39, 0.29) is 30.2 Å². The first-order chi connectivity index (χ1) is 15.5. The van der Waals surface area contributed by atoms with Crippen molar-refractivity contribution in [3.8, 4) is 5.75 Å². The van der Waals surface area contributed by atoms with Gasteiger partial charge in [-0.05, 0) is 58.2 Å². The zero-order valence-electron chi connectivity index (χ0n) is 20.9. The molecule has 0 aliphatic heterocycles. The Morgan fingerprint density at radius 1 is 1.06 bits per heavy atom. The second kappa shape index (κ2) is 13.7. The second-order valence-electron chi connectivity index (χ2n) is 9.34. The number of nitrogens with zero attached hydrogens (tertiary/aromatic N) is 1. The third-order valence-corrected chi connectivity index (χ3v) is 4.98. The number of carbonyl (C=O) groups is 3. The summed E-state index contributed by atoms with van der Waals surface area (Å²) in [6.45, 7) is 11.4. The van der Waals surface area contributed by atoms with Gasteiger partial charge in [0.05, 0.1) is 0 Å². The summed E-state index contributed by atoms with van der Waals surface area (Å²) in [5.41, 5.74) is -0.0891. The normalized spacial score (nSPS) is 13.0. The number of phenolic OH excluding ortho intramolecular Hbond substituents is 1. The van der Waals surface area contributed by atoms with Gasteiger partial charge < -0.3 is 25.4 Å². The van der Waals surface area contributed by atoms with Crippen LogP contribution in [0.3, 0.4) is 0 Å². The maximum absolute atomic E-state index is 13.3. The SMILES string of the molecule is CCCCCN(C(=O)CNC(=O)OC(C)(C)C)C(C(=O)NC(C)CCC)c1ccc(O)cc1. The maximum atomic E-state index is 13.3. The molecule has 8 heteroatoms. The average Bonchev–Trinajstić information content (AvgIpc) is 2.71. The predicted octanol–water partition coefficient (Wildman–Crippen LogP) is 4.28. The van der Waals surface area contributed by atoms with Crippen molar-refractivity contribution in [2.45, 2.75) is 91.3 Å². The predicted molar refractivity (Wildman–Crippen MR) is 129 cm³/mol. The molecule has 0 fully saturated rings. The van der Waals surface area contributed by atoms with Crippen LogP contribution in [0.1, 0.15) is 85.3 Å². The van der Waals surface area contributed by atoms with Crippen LogP contribution in [-0.2, 0) is 14.3 Å². The van der Waals surface area contributed by atoms with Crippen LogP contribution in [0.25, 0.3) is 0 Å². The molecular weight excluding hydrogens is 422 g/mol. The molecular formula is C25H41N3O5. The van der Waals surface area contributed by atoms with Crippen molar-refractivity contribution in [1.29, 1.82) is 0 Å². The molecule has 0 saturated heterocycles. The number of benzene rings is 1. The fraction of sp³-hybridized carbons (Fsp3) is 0.640.